The maximum atomic E-state index is 8.35. The smallest absolute Gasteiger partial charge is 0.274 e. The first-order valence-electron chi connectivity index (χ1n) is 2.62. The van der Waals surface area contributed by atoms with Gasteiger partial charge in [-0.3, -0.25) is 5.10 Å². The van der Waals surface area contributed by atoms with Crippen LogP contribution in [0.4, 0.5) is 5.69 Å². The highest BCUT2D eigenvalue weighted by atomic mass is 15.1. The predicted octanol–water partition coefficient (Wildman–Crippen LogP) is 1.51. The zero-order valence-corrected chi connectivity index (χ0v) is 5.34. The first kappa shape index (κ1) is 5.76. The van der Waals surface area contributed by atoms with Crippen LogP contribution in [-0.4, -0.2) is 10.2 Å². The van der Waals surface area contributed by atoms with Crippen LogP contribution in [0, 0.1) is 19.2 Å². The van der Waals surface area contributed by atoms with Crippen molar-refractivity contribution in [2.45, 2.75) is 13.8 Å². The molecule has 1 aromatic rings. The molecule has 0 aliphatic carbocycles. The highest BCUT2D eigenvalue weighted by molar-refractivity contribution is 5.51. The van der Waals surface area contributed by atoms with Gasteiger partial charge in [0.05, 0.1) is 0 Å². The van der Waals surface area contributed by atoms with Crippen LogP contribution in [0.3, 0.4) is 0 Å². The van der Waals surface area contributed by atoms with E-state index < -0.39 is 0 Å². The van der Waals surface area contributed by atoms with Gasteiger partial charge in [0.1, 0.15) is 5.69 Å². The minimum atomic E-state index is 0.537. The molecule has 1 rings (SSSR count). The Kier molecular flexibility index (Phi) is 1.19. The second-order valence-electron chi connectivity index (χ2n) is 1.88. The molecule has 0 aromatic carbocycles. The molecule has 0 unspecified atom stereocenters. The monoisotopic (exact) mass is 123 g/mol. The van der Waals surface area contributed by atoms with Gasteiger partial charge in [-0.1, -0.05) is 0 Å². The number of diazo groups is 1. The zero-order chi connectivity index (χ0) is 6.85. The second kappa shape index (κ2) is 1.86. The van der Waals surface area contributed by atoms with Crippen LogP contribution in [0.2, 0.25) is 0 Å². The van der Waals surface area contributed by atoms with Crippen LogP contribution in [0.5, 0.6) is 0 Å². The third-order valence-corrected chi connectivity index (χ3v) is 1.19. The van der Waals surface area contributed by atoms with E-state index in [0.717, 1.165) is 11.4 Å². The van der Waals surface area contributed by atoms with Gasteiger partial charge in [0, 0.05) is 0 Å². The van der Waals surface area contributed by atoms with Crippen molar-refractivity contribution in [2.75, 3.05) is 0 Å². The van der Waals surface area contributed by atoms with Gasteiger partial charge in [0.15, 0.2) is 10.7 Å². The topological polar surface area (TPSA) is 56.8 Å². The largest absolute Gasteiger partial charge is 0.427 e. The molecular weight excluding hydrogens is 116 g/mol. The number of H-pyrrole nitrogens is 1. The predicted molar refractivity (Wildman–Crippen MR) is 32.8 cm³/mol. The van der Waals surface area contributed by atoms with Gasteiger partial charge in [-0.25, -0.2) is 0 Å². The normalized spacial score (nSPS) is 9.00. The van der Waals surface area contributed by atoms with E-state index in [-0.39, 0.29) is 0 Å². The molecule has 1 heterocycles. The summed E-state index contributed by atoms with van der Waals surface area (Å²) >= 11 is 0. The van der Waals surface area contributed by atoms with Crippen LogP contribution >= 0.6 is 0 Å². The molecule has 0 saturated carbocycles. The number of rotatable bonds is 0. The lowest BCUT2D eigenvalue weighted by molar-refractivity contribution is 1.02. The lowest BCUT2D eigenvalue weighted by atomic mass is 10.3. The second-order valence-corrected chi connectivity index (χ2v) is 1.88. The molecule has 0 atom stereocenters. The van der Waals surface area contributed by atoms with Gasteiger partial charge in [-0.05, 0) is 13.8 Å². The summed E-state index contributed by atoms with van der Waals surface area (Å²) in [7, 11) is 0. The summed E-state index contributed by atoms with van der Waals surface area (Å²) in [6, 6.07) is 0. The van der Waals surface area contributed by atoms with Crippen molar-refractivity contribution in [3.8, 4) is 0 Å². The Morgan fingerprint density at radius 1 is 1.56 bits per heavy atom. The molecule has 0 aliphatic rings. The van der Waals surface area contributed by atoms with Crippen LogP contribution < -0.4 is 0 Å². The van der Waals surface area contributed by atoms with Crippen molar-refractivity contribution in [3.63, 3.8) is 0 Å². The fourth-order valence-electron chi connectivity index (χ4n) is 0.692. The molecule has 0 saturated heterocycles. The van der Waals surface area contributed by atoms with E-state index in [2.05, 4.69) is 15.2 Å². The van der Waals surface area contributed by atoms with E-state index in [1.54, 1.807) is 13.8 Å². The summed E-state index contributed by atoms with van der Waals surface area (Å²) in [6.07, 6.45) is 0. The lowest BCUT2D eigenvalue weighted by Crippen LogP contribution is -1.68. The SMILES string of the molecule is Cc1n[nH]c(C)c1[N+]#N. The van der Waals surface area contributed by atoms with Crippen molar-refractivity contribution in [1.29, 1.82) is 5.39 Å². The van der Waals surface area contributed by atoms with Crippen LogP contribution in [0.15, 0.2) is 0 Å². The molecular formula is C5H7N4+. The van der Waals surface area contributed by atoms with E-state index in [9.17, 15) is 0 Å². The summed E-state index contributed by atoms with van der Waals surface area (Å²) in [5.41, 5.74) is 2.04. The number of aromatic amines is 1. The molecule has 0 bridgehead atoms. The number of nitrogens with one attached hydrogen (secondary N) is 1. The van der Waals surface area contributed by atoms with Crippen molar-refractivity contribution < 1.29 is 0 Å². The number of nitrogens with zero attached hydrogens (tertiary/aromatic N) is 3. The van der Waals surface area contributed by atoms with Gasteiger partial charge in [-0.15, -0.1) is 0 Å². The number of aromatic nitrogens is 2. The molecule has 46 valence electrons. The molecule has 4 heteroatoms. The van der Waals surface area contributed by atoms with Gasteiger partial charge in [-0.2, -0.15) is 5.10 Å². The van der Waals surface area contributed by atoms with Crippen LogP contribution in [0.25, 0.3) is 4.98 Å². The van der Waals surface area contributed by atoms with E-state index in [1.807, 2.05) is 0 Å². The van der Waals surface area contributed by atoms with E-state index in [1.165, 1.54) is 0 Å². The molecule has 0 aliphatic heterocycles. The van der Waals surface area contributed by atoms with Gasteiger partial charge < -0.3 is 0 Å². The Hall–Kier alpha value is -1.37. The lowest BCUT2D eigenvalue weighted by Gasteiger charge is -1.66. The van der Waals surface area contributed by atoms with Crippen LogP contribution in [0.1, 0.15) is 11.4 Å². The highest BCUT2D eigenvalue weighted by Crippen LogP contribution is 2.18. The average Bonchev–Trinajstić information content (AvgIpc) is 2.12. The quantitative estimate of drug-likeness (QED) is 0.531. The Bertz CT molecular complexity index is 235. The number of hydrogen-bond acceptors (Lipinski definition) is 2. The number of hydrogen-bond donors (Lipinski definition) is 1. The summed E-state index contributed by atoms with van der Waals surface area (Å²) in [5, 5.41) is 14.8. The fourth-order valence-corrected chi connectivity index (χ4v) is 0.692. The fraction of sp³-hybridized carbons (Fsp3) is 0.400. The maximum Gasteiger partial charge on any atom is 0.427 e. The summed E-state index contributed by atoms with van der Waals surface area (Å²) in [5.74, 6) is 0. The minimum Gasteiger partial charge on any atom is -0.274 e. The first-order valence-corrected chi connectivity index (χ1v) is 2.62. The summed E-state index contributed by atoms with van der Waals surface area (Å²) < 4.78 is 0. The zero-order valence-electron chi connectivity index (χ0n) is 5.34. The van der Waals surface area contributed by atoms with Gasteiger partial charge in [0.25, 0.3) is 0 Å². The molecule has 1 N–H and O–H groups in total. The van der Waals surface area contributed by atoms with E-state index >= 15 is 0 Å². The van der Waals surface area contributed by atoms with E-state index in [4.69, 9.17) is 5.39 Å². The third-order valence-electron chi connectivity index (χ3n) is 1.19. The summed E-state index contributed by atoms with van der Waals surface area (Å²) in [4.78, 5) is 3.04. The maximum absolute atomic E-state index is 8.35. The van der Waals surface area contributed by atoms with Crippen molar-refractivity contribution in [2.24, 2.45) is 0 Å². The standard InChI is InChI=1S/C5H7N4/c1-3-5(7-6)4(2)9-8-3/h1-2H3,(H,8,9)/q+1. The Morgan fingerprint density at radius 3 is 2.44 bits per heavy atom. The van der Waals surface area contributed by atoms with Crippen LogP contribution in [-0.2, 0) is 0 Å². The van der Waals surface area contributed by atoms with Crippen molar-refractivity contribution >= 4 is 5.69 Å². The molecule has 4 nitrogen and oxygen atoms in total. The van der Waals surface area contributed by atoms with Gasteiger partial charge >= 0.3 is 5.69 Å². The van der Waals surface area contributed by atoms with Crippen molar-refractivity contribution in [3.05, 3.63) is 16.4 Å². The number of aryl methyl sites for hydroxylation is 2. The molecule has 0 fully saturated rings. The molecule has 0 radical (unpaired) electrons. The Balaban J connectivity index is 3.27. The van der Waals surface area contributed by atoms with Crippen molar-refractivity contribution in [1.82, 2.24) is 10.2 Å². The first-order chi connectivity index (χ1) is 4.25. The molecule has 9 heavy (non-hydrogen) atoms. The Labute approximate surface area is 52.5 Å². The molecule has 1 aromatic heterocycles. The van der Waals surface area contributed by atoms with Gasteiger partial charge in [0.2, 0.25) is 5.39 Å². The Morgan fingerprint density at radius 2 is 2.22 bits per heavy atom. The molecule has 0 amide bonds. The minimum absolute atomic E-state index is 0.537. The highest BCUT2D eigenvalue weighted by Gasteiger charge is 2.16. The van der Waals surface area contributed by atoms with E-state index in [0.29, 0.717) is 5.69 Å². The average molecular weight is 123 g/mol. The molecule has 0 spiro atoms. The summed E-state index contributed by atoms with van der Waals surface area (Å²) in [6.45, 7) is 3.58. The third kappa shape index (κ3) is 0.765.